The van der Waals surface area contributed by atoms with E-state index in [2.05, 4.69) is 20.3 Å². The van der Waals surface area contributed by atoms with Gasteiger partial charge in [0.15, 0.2) is 0 Å². The minimum absolute atomic E-state index is 0.00467. The monoisotopic (exact) mass is 369 g/mol. The van der Waals surface area contributed by atoms with Crippen LogP contribution in [0.4, 0.5) is 0 Å². The second-order valence-corrected chi connectivity index (χ2v) is 7.20. The molecule has 0 spiro atoms. The largest absolute Gasteiger partial charge is 0.352 e. The van der Waals surface area contributed by atoms with Gasteiger partial charge in [-0.15, -0.1) is 0 Å². The van der Waals surface area contributed by atoms with Crippen LogP contribution in [0, 0.1) is 12.8 Å². The Balaban J connectivity index is 1.71. The molecule has 1 aliphatic rings. The summed E-state index contributed by atoms with van der Waals surface area (Å²) in [7, 11) is 0. The zero-order valence-electron chi connectivity index (χ0n) is 15.7. The van der Waals surface area contributed by atoms with Crippen molar-refractivity contribution in [2.45, 2.75) is 51.5 Å². The first-order chi connectivity index (χ1) is 13.1. The third-order valence-electron chi connectivity index (χ3n) is 5.31. The van der Waals surface area contributed by atoms with Crippen molar-refractivity contribution in [3.05, 3.63) is 46.1 Å². The number of hydrogen-bond donors (Lipinski definition) is 3. The fourth-order valence-electron chi connectivity index (χ4n) is 3.78. The van der Waals surface area contributed by atoms with Crippen molar-refractivity contribution < 1.29 is 4.79 Å². The molecule has 1 atom stereocenters. The molecule has 3 rings (SSSR count). The number of aromatic nitrogens is 3. The van der Waals surface area contributed by atoms with E-state index in [9.17, 15) is 9.59 Å². The number of pyridine rings is 1. The van der Waals surface area contributed by atoms with Gasteiger partial charge in [-0.1, -0.05) is 19.3 Å². The highest BCUT2D eigenvalue weighted by Gasteiger charge is 2.24. The van der Waals surface area contributed by atoms with Crippen LogP contribution in [0.1, 0.15) is 43.4 Å². The molecule has 0 aromatic carbocycles. The van der Waals surface area contributed by atoms with Crippen molar-refractivity contribution in [1.82, 2.24) is 20.3 Å². The summed E-state index contributed by atoms with van der Waals surface area (Å²) in [4.78, 5) is 36.3. The van der Waals surface area contributed by atoms with Crippen molar-refractivity contribution in [2.24, 2.45) is 11.7 Å². The van der Waals surface area contributed by atoms with Gasteiger partial charge >= 0.3 is 0 Å². The molecule has 0 aliphatic heterocycles. The van der Waals surface area contributed by atoms with E-state index in [4.69, 9.17) is 5.73 Å². The minimum Gasteiger partial charge on any atom is -0.352 e. The third kappa shape index (κ3) is 4.80. The number of hydrogen-bond acceptors (Lipinski definition) is 5. The molecule has 0 radical (unpaired) electrons. The maximum absolute atomic E-state index is 12.5. The first kappa shape index (κ1) is 19.2. The van der Waals surface area contributed by atoms with Crippen LogP contribution in [0.15, 0.2) is 29.3 Å². The van der Waals surface area contributed by atoms with Gasteiger partial charge in [-0.05, 0) is 37.8 Å². The summed E-state index contributed by atoms with van der Waals surface area (Å²) < 4.78 is 0. The molecule has 1 aliphatic carbocycles. The van der Waals surface area contributed by atoms with Gasteiger partial charge in [0, 0.05) is 41.8 Å². The van der Waals surface area contributed by atoms with E-state index >= 15 is 0 Å². The quantitative estimate of drug-likeness (QED) is 0.717. The van der Waals surface area contributed by atoms with E-state index in [1.165, 1.54) is 19.3 Å². The number of amides is 1. The van der Waals surface area contributed by atoms with Crippen LogP contribution < -0.4 is 16.6 Å². The Kier molecular flexibility index (Phi) is 6.34. The summed E-state index contributed by atoms with van der Waals surface area (Å²) >= 11 is 0. The molecule has 1 fully saturated rings. The number of nitrogens with one attached hydrogen (secondary N) is 2. The fourth-order valence-corrected chi connectivity index (χ4v) is 3.78. The van der Waals surface area contributed by atoms with E-state index in [0.717, 1.165) is 18.4 Å². The molecule has 0 bridgehead atoms. The number of carbonyl (C=O) groups excluding carboxylic acids is 1. The van der Waals surface area contributed by atoms with Crippen LogP contribution in [-0.2, 0) is 11.2 Å². The van der Waals surface area contributed by atoms with Crippen LogP contribution in [0.2, 0.25) is 0 Å². The molecule has 1 unspecified atom stereocenters. The predicted octanol–water partition coefficient (Wildman–Crippen LogP) is 1.71. The van der Waals surface area contributed by atoms with E-state index in [1.54, 1.807) is 25.4 Å². The van der Waals surface area contributed by atoms with Gasteiger partial charge < -0.3 is 16.0 Å². The molecule has 0 saturated heterocycles. The molecule has 2 aromatic heterocycles. The highest BCUT2D eigenvalue weighted by atomic mass is 16.2. The molecular weight excluding hydrogens is 342 g/mol. The predicted molar refractivity (Wildman–Crippen MR) is 104 cm³/mol. The molecule has 27 heavy (non-hydrogen) atoms. The summed E-state index contributed by atoms with van der Waals surface area (Å²) in [6, 6.07) is 3.58. The Labute approximate surface area is 158 Å². The lowest BCUT2D eigenvalue weighted by atomic mass is 9.84. The van der Waals surface area contributed by atoms with Gasteiger partial charge in [0.25, 0.3) is 5.56 Å². The highest BCUT2D eigenvalue weighted by molar-refractivity contribution is 5.79. The van der Waals surface area contributed by atoms with Crippen molar-refractivity contribution >= 4 is 5.91 Å². The Morgan fingerprint density at radius 1 is 1.37 bits per heavy atom. The molecule has 1 amide bonds. The van der Waals surface area contributed by atoms with E-state index < -0.39 is 0 Å². The Morgan fingerprint density at radius 3 is 2.78 bits per heavy atom. The molecule has 7 nitrogen and oxygen atoms in total. The molecule has 4 N–H and O–H groups in total. The summed E-state index contributed by atoms with van der Waals surface area (Å²) in [5.41, 5.74) is 7.27. The first-order valence-corrected chi connectivity index (χ1v) is 9.58. The number of rotatable bonds is 6. The SMILES string of the molecule is Cc1nc(-c2cccnc2)[nH]c(=O)c1CC(=O)NC(CN)C1CCCCC1. The maximum atomic E-state index is 12.5. The zero-order chi connectivity index (χ0) is 19.2. The molecule has 1 saturated carbocycles. The molecular formula is C20H27N5O2. The molecule has 144 valence electrons. The summed E-state index contributed by atoms with van der Waals surface area (Å²) in [6.07, 6.45) is 9.14. The van der Waals surface area contributed by atoms with Gasteiger partial charge in [0.1, 0.15) is 5.82 Å². The lowest BCUT2D eigenvalue weighted by Gasteiger charge is -2.30. The maximum Gasteiger partial charge on any atom is 0.255 e. The van der Waals surface area contributed by atoms with Crippen LogP contribution in [0.5, 0.6) is 0 Å². The normalized spacial score (nSPS) is 16.1. The summed E-state index contributed by atoms with van der Waals surface area (Å²) in [5, 5.41) is 3.03. The molecule has 2 heterocycles. The lowest BCUT2D eigenvalue weighted by molar-refractivity contribution is -0.121. The van der Waals surface area contributed by atoms with Crippen LogP contribution in [-0.4, -0.2) is 33.4 Å². The highest BCUT2D eigenvalue weighted by Crippen LogP contribution is 2.26. The Morgan fingerprint density at radius 2 is 2.15 bits per heavy atom. The van der Waals surface area contributed by atoms with Gasteiger partial charge in [-0.25, -0.2) is 4.98 Å². The van der Waals surface area contributed by atoms with E-state index in [0.29, 0.717) is 29.5 Å². The Bertz CT molecular complexity index is 828. The van der Waals surface area contributed by atoms with Crippen molar-refractivity contribution in [3.63, 3.8) is 0 Å². The lowest BCUT2D eigenvalue weighted by Crippen LogP contribution is -2.46. The molecule has 7 heteroatoms. The van der Waals surface area contributed by atoms with Gasteiger partial charge in [-0.3, -0.25) is 14.6 Å². The van der Waals surface area contributed by atoms with Crippen LogP contribution in [0.3, 0.4) is 0 Å². The van der Waals surface area contributed by atoms with Gasteiger partial charge in [0.05, 0.1) is 6.42 Å². The number of H-pyrrole nitrogens is 1. The zero-order valence-corrected chi connectivity index (χ0v) is 15.7. The third-order valence-corrected chi connectivity index (χ3v) is 5.31. The van der Waals surface area contributed by atoms with Crippen LogP contribution >= 0.6 is 0 Å². The standard InChI is InChI=1S/C20H27N5O2/c1-13-16(20(27)25-19(23-13)15-8-5-9-22-12-15)10-18(26)24-17(11-21)14-6-3-2-4-7-14/h5,8-9,12,14,17H,2-4,6-7,10-11,21H2,1H3,(H,24,26)(H,23,25,27). The average Bonchev–Trinajstić information content (AvgIpc) is 2.70. The first-order valence-electron chi connectivity index (χ1n) is 9.58. The minimum atomic E-state index is -0.293. The number of carbonyl (C=O) groups is 1. The van der Waals surface area contributed by atoms with Crippen molar-refractivity contribution in [1.29, 1.82) is 0 Å². The van der Waals surface area contributed by atoms with Gasteiger partial charge in [-0.2, -0.15) is 0 Å². The summed E-state index contributed by atoms with van der Waals surface area (Å²) in [5.74, 6) is 0.704. The van der Waals surface area contributed by atoms with Crippen molar-refractivity contribution in [2.75, 3.05) is 6.54 Å². The van der Waals surface area contributed by atoms with Crippen LogP contribution in [0.25, 0.3) is 11.4 Å². The number of aromatic amines is 1. The fraction of sp³-hybridized carbons (Fsp3) is 0.500. The second-order valence-electron chi connectivity index (χ2n) is 7.20. The average molecular weight is 369 g/mol. The smallest absolute Gasteiger partial charge is 0.255 e. The van der Waals surface area contributed by atoms with Gasteiger partial charge in [0.2, 0.25) is 5.91 Å². The van der Waals surface area contributed by atoms with E-state index in [-0.39, 0.29) is 23.9 Å². The Hall–Kier alpha value is -2.54. The second kappa shape index (κ2) is 8.90. The number of nitrogens with two attached hydrogens (primary N) is 1. The van der Waals surface area contributed by atoms with Crippen molar-refractivity contribution in [3.8, 4) is 11.4 Å². The summed E-state index contributed by atoms with van der Waals surface area (Å²) in [6.45, 7) is 2.17. The number of aryl methyl sites for hydroxylation is 1. The topological polar surface area (TPSA) is 114 Å². The number of nitrogens with zero attached hydrogens (tertiary/aromatic N) is 2. The van der Waals surface area contributed by atoms with E-state index in [1.807, 2.05) is 6.07 Å². The molecule has 2 aromatic rings.